The van der Waals surface area contributed by atoms with Gasteiger partial charge >= 0.3 is 0 Å². The van der Waals surface area contributed by atoms with Crippen molar-refractivity contribution in [3.05, 3.63) is 88.4 Å². The summed E-state index contributed by atoms with van der Waals surface area (Å²) < 4.78 is 2.01. The molecule has 0 fully saturated rings. The molecule has 0 spiro atoms. The summed E-state index contributed by atoms with van der Waals surface area (Å²) in [5.74, 6) is 0.593. The Morgan fingerprint density at radius 1 is 1.06 bits per heavy atom. The molecule has 1 aromatic heterocycles. The highest BCUT2D eigenvalue weighted by Crippen LogP contribution is 2.33. The van der Waals surface area contributed by atoms with Gasteiger partial charge in [0, 0.05) is 16.3 Å². The molecule has 4 aromatic rings. The number of nitrogens with one attached hydrogen (secondary N) is 1. The van der Waals surface area contributed by atoms with Crippen molar-refractivity contribution in [1.29, 1.82) is 0 Å². The molecule has 7 heteroatoms. The first kappa shape index (κ1) is 24.0. The van der Waals surface area contributed by atoms with Crippen molar-refractivity contribution >= 4 is 35.0 Å². The third-order valence-electron chi connectivity index (χ3n) is 5.60. The quantitative estimate of drug-likeness (QED) is 0.287. The molecule has 0 aliphatic heterocycles. The second kappa shape index (κ2) is 10.5. The van der Waals surface area contributed by atoms with E-state index in [4.69, 9.17) is 11.6 Å². The number of aromatic nitrogens is 3. The maximum atomic E-state index is 13.0. The van der Waals surface area contributed by atoms with Crippen LogP contribution in [0.4, 0.5) is 5.69 Å². The molecule has 34 heavy (non-hydrogen) atoms. The normalized spacial score (nSPS) is 11.9. The van der Waals surface area contributed by atoms with Crippen molar-refractivity contribution in [2.45, 2.75) is 44.5 Å². The van der Waals surface area contributed by atoms with Gasteiger partial charge in [0.25, 0.3) is 0 Å². The van der Waals surface area contributed by atoms with Gasteiger partial charge < -0.3 is 5.32 Å². The fourth-order valence-corrected chi connectivity index (χ4v) is 4.67. The Hall–Kier alpha value is -3.09. The first-order chi connectivity index (χ1) is 16.4. The highest BCUT2D eigenvalue weighted by molar-refractivity contribution is 8.00. The van der Waals surface area contributed by atoms with E-state index in [0.717, 1.165) is 34.5 Å². The highest BCUT2D eigenvalue weighted by Gasteiger charge is 2.23. The summed E-state index contributed by atoms with van der Waals surface area (Å²) in [5.41, 5.74) is 6.07. The number of benzene rings is 3. The van der Waals surface area contributed by atoms with Crippen molar-refractivity contribution in [3.8, 4) is 17.1 Å². The lowest BCUT2D eigenvalue weighted by Gasteiger charge is -2.16. The molecule has 1 N–H and O–H groups in total. The largest absolute Gasteiger partial charge is 0.325 e. The van der Waals surface area contributed by atoms with Crippen molar-refractivity contribution in [1.82, 2.24) is 14.8 Å². The second-order valence-electron chi connectivity index (χ2n) is 8.24. The molecule has 0 saturated heterocycles. The molecule has 0 aliphatic rings. The summed E-state index contributed by atoms with van der Waals surface area (Å²) in [5, 5.41) is 12.9. The molecule has 3 aromatic carbocycles. The summed E-state index contributed by atoms with van der Waals surface area (Å²) in [7, 11) is 0. The fraction of sp³-hybridized carbons (Fsp3) is 0.222. The molecule has 174 valence electrons. The van der Waals surface area contributed by atoms with Gasteiger partial charge in [0.2, 0.25) is 5.91 Å². The average Bonchev–Trinajstić information content (AvgIpc) is 3.24. The van der Waals surface area contributed by atoms with E-state index in [1.165, 1.54) is 17.3 Å². The predicted octanol–water partition coefficient (Wildman–Crippen LogP) is 6.89. The molecule has 1 amide bonds. The van der Waals surface area contributed by atoms with Crippen LogP contribution >= 0.6 is 23.4 Å². The summed E-state index contributed by atoms with van der Waals surface area (Å²) in [4.78, 5) is 13.0. The van der Waals surface area contributed by atoms with E-state index >= 15 is 0 Å². The second-order valence-corrected chi connectivity index (χ2v) is 9.99. The first-order valence-corrected chi connectivity index (χ1v) is 12.5. The summed E-state index contributed by atoms with van der Waals surface area (Å²) >= 11 is 7.64. The van der Waals surface area contributed by atoms with Crippen molar-refractivity contribution in [3.63, 3.8) is 0 Å². The minimum atomic E-state index is -0.383. The van der Waals surface area contributed by atoms with Crippen LogP contribution in [0.5, 0.6) is 0 Å². The number of anilines is 1. The maximum absolute atomic E-state index is 13.0. The van der Waals surface area contributed by atoms with E-state index in [-0.39, 0.29) is 11.2 Å². The Bertz CT molecular complexity index is 1320. The van der Waals surface area contributed by atoms with Gasteiger partial charge in [-0.15, -0.1) is 10.2 Å². The summed E-state index contributed by atoms with van der Waals surface area (Å²) in [6.45, 7) is 8.10. The van der Waals surface area contributed by atoms with Gasteiger partial charge in [-0.3, -0.25) is 9.36 Å². The van der Waals surface area contributed by atoms with Crippen LogP contribution in [0, 0.1) is 13.8 Å². The number of aryl methyl sites for hydroxylation is 3. The Morgan fingerprint density at radius 3 is 2.53 bits per heavy atom. The van der Waals surface area contributed by atoms with Crippen LogP contribution in [-0.2, 0) is 11.2 Å². The third-order valence-corrected chi connectivity index (χ3v) is 6.88. The minimum Gasteiger partial charge on any atom is -0.325 e. The van der Waals surface area contributed by atoms with Crippen LogP contribution in [0.15, 0.2) is 71.9 Å². The molecule has 0 saturated carbocycles. The Labute approximate surface area is 209 Å². The van der Waals surface area contributed by atoms with Gasteiger partial charge in [0.05, 0.1) is 10.9 Å². The number of rotatable bonds is 7. The fourth-order valence-electron chi connectivity index (χ4n) is 3.62. The van der Waals surface area contributed by atoms with E-state index in [1.807, 2.05) is 60.0 Å². The Morgan fingerprint density at radius 2 is 1.82 bits per heavy atom. The lowest BCUT2D eigenvalue weighted by molar-refractivity contribution is -0.115. The van der Waals surface area contributed by atoms with E-state index in [0.29, 0.717) is 16.0 Å². The summed E-state index contributed by atoms with van der Waals surface area (Å²) in [6, 6.07) is 21.8. The van der Waals surface area contributed by atoms with E-state index in [9.17, 15) is 4.79 Å². The Kier molecular flexibility index (Phi) is 7.39. The highest BCUT2D eigenvalue weighted by atomic mass is 35.5. The zero-order valence-corrected chi connectivity index (χ0v) is 21.2. The number of carbonyl (C=O) groups is 1. The first-order valence-electron chi connectivity index (χ1n) is 11.2. The SMILES string of the molecule is CCc1ccc(NC(=O)[C@@H](C)Sc2nnc(-c3cccc(Cl)c3)n2-c2cc(C)ccc2C)cc1. The van der Waals surface area contributed by atoms with E-state index in [1.54, 1.807) is 0 Å². The number of carbonyl (C=O) groups excluding carboxylic acids is 1. The standard InChI is InChI=1S/C27H27ClN4OS/c1-5-20-11-13-23(14-12-20)29-26(33)19(4)34-27-31-30-25(21-7-6-8-22(28)16-21)32(27)24-15-17(2)9-10-18(24)3/h6-16,19H,5H2,1-4H3,(H,29,33)/t19-/m1/s1. The van der Waals surface area contributed by atoms with Crippen molar-refractivity contribution < 1.29 is 4.79 Å². The molecular formula is C27H27ClN4OS. The van der Waals surface area contributed by atoms with Crippen molar-refractivity contribution in [2.75, 3.05) is 5.32 Å². The van der Waals surface area contributed by atoms with Crippen molar-refractivity contribution in [2.24, 2.45) is 0 Å². The molecular weight excluding hydrogens is 464 g/mol. The topological polar surface area (TPSA) is 59.8 Å². The number of hydrogen-bond acceptors (Lipinski definition) is 4. The van der Waals surface area contributed by atoms with Crippen LogP contribution in [0.3, 0.4) is 0 Å². The number of nitrogens with zero attached hydrogens (tertiary/aromatic N) is 3. The smallest absolute Gasteiger partial charge is 0.237 e. The molecule has 1 atom stereocenters. The van der Waals surface area contributed by atoms with Crippen LogP contribution < -0.4 is 5.32 Å². The summed E-state index contributed by atoms with van der Waals surface area (Å²) in [6.07, 6.45) is 0.962. The average molecular weight is 491 g/mol. The predicted molar refractivity (Wildman–Crippen MR) is 141 cm³/mol. The number of halogens is 1. The van der Waals surface area contributed by atoms with Crippen LogP contribution in [-0.4, -0.2) is 25.9 Å². The molecule has 0 aliphatic carbocycles. The Balaban J connectivity index is 1.67. The lowest BCUT2D eigenvalue weighted by Crippen LogP contribution is -2.23. The lowest BCUT2D eigenvalue weighted by atomic mass is 10.1. The molecule has 0 radical (unpaired) electrons. The number of amides is 1. The monoisotopic (exact) mass is 490 g/mol. The third kappa shape index (κ3) is 5.34. The number of hydrogen-bond donors (Lipinski definition) is 1. The van der Waals surface area contributed by atoms with Crippen LogP contribution in [0.2, 0.25) is 5.02 Å². The van der Waals surface area contributed by atoms with Gasteiger partial charge in [0.15, 0.2) is 11.0 Å². The molecule has 4 rings (SSSR count). The van der Waals surface area contributed by atoms with Crippen LogP contribution in [0.25, 0.3) is 17.1 Å². The van der Waals surface area contributed by atoms with E-state index in [2.05, 4.69) is 54.5 Å². The van der Waals surface area contributed by atoms with Gasteiger partial charge in [-0.2, -0.15) is 0 Å². The van der Waals surface area contributed by atoms with Gasteiger partial charge in [-0.25, -0.2) is 0 Å². The molecule has 0 bridgehead atoms. The van der Waals surface area contributed by atoms with Gasteiger partial charge in [0.1, 0.15) is 0 Å². The minimum absolute atomic E-state index is 0.0888. The zero-order valence-electron chi connectivity index (χ0n) is 19.7. The number of thioether (sulfide) groups is 1. The maximum Gasteiger partial charge on any atom is 0.237 e. The molecule has 0 unspecified atom stereocenters. The zero-order chi connectivity index (χ0) is 24.2. The molecule has 1 heterocycles. The van der Waals surface area contributed by atoms with Crippen LogP contribution in [0.1, 0.15) is 30.5 Å². The van der Waals surface area contributed by atoms with Gasteiger partial charge in [-0.05, 0) is 74.2 Å². The molecule has 5 nitrogen and oxygen atoms in total. The van der Waals surface area contributed by atoms with Gasteiger partial charge in [-0.1, -0.05) is 66.7 Å². The van der Waals surface area contributed by atoms with E-state index < -0.39 is 0 Å².